The zero-order valence-corrected chi connectivity index (χ0v) is 10.3. The maximum absolute atomic E-state index is 5.51. The molecule has 0 bridgehead atoms. The Labute approximate surface area is 92.2 Å². The van der Waals surface area contributed by atoms with Gasteiger partial charge in [0.25, 0.3) is 0 Å². The maximum atomic E-state index is 5.51. The molecule has 0 fully saturated rings. The summed E-state index contributed by atoms with van der Waals surface area (Å²) in [5.41, 5.74) is -0.482. The van der Waals surface area contributed by atoms with Gasteiger partial charge in [0.05, 0.1) is 7.11 Å². The Bertz CT molecular complexity index is 271. The molecule has 2 atom stereocenters. The second kappa shape index (κ2) is 4.79. The van der Waals surface area contributed by atoms with Gasteiger partial charge in [0.1, 0.15) is 0 Å². The van der Waals surface area contributed by atoms with E-state index in [-0.39, 0.29) is 0 Å². The molecule has 0 saturated carbocycles. The van der Waals surface area contributed by atoms with Crippen LogP contribution in [0.5, 0.6) is 0 Å². The van der Waals surface area contributed by atoms with E-state index in [4.69, 9.17) is 9.47 Å². The van der Waals surface area contributed by atoms with Gasteiger partial charge in [0.15, 0.2) is 5.72 Å². The molecule has 0 N–H and O–H groups in total. The molecule has 0 amide bonds. The first-order chi connectivity index (χ1) is 7.01. The van der Waals surface area contributed by atoms with Crippen molar-refractivity contribution in [3.63, 3.8) is 0 Å². The number of hydrogen-bond donors (Lipinski definition) is 0. The second-order valence-corrected chi connectivity index (χ2v) is 4.51. The molecule has 3 heteroatoms. The van der Waals surface area contributed by atoms with Gasteiger partial charge in [-0.1, -0.05) is 19.9 Å². The Morgan fingerprint density at radius 3 is 2.60 bits per heavy atom. The van der Waals surface area contributed by atoms with E-state index in [0.717, 1.165) is 6.42 Å². The molecule has 0 saturated heterocycles. The third kappa shape index (κ3) is 2.81. The molecule has 0 radical (unpaired) electrons. The van der Waals surface area contributed by atoms with E-state index in [1.54, 1.807) is 14.2 Å². The zero-order chi connectivity index (χ0) is 11.5. The molecular formula is C12H21NO2. The SMILES string of the molecule is COC1=NC(C)(OC)C(CC(C)C)C=C1. The second-order valence-electron chi connectivity index (χ2n) is 4.51. The van der Waals surface area contributed by atoms with Gasteiger partial charge >= 0.3 is 0 Å². The van der Waals surface area contributed by atoms with E-state index >= 15 is 0 Å². The summed E-state index contributed by atoms with van der Waals surface area (Å²) in [6.45, 7) is 6.42. The van der Waals surface area contributed by atoms with E-state index in [1.165, 1.54) is 0 Å². The molecule has 2 unspecified atom stereocenters. The average molecular weight is 211 g/mol. The fourth-order valence-corrected chi connectivity index (χ4v) is 1.83. The van der Waals surface area contributed by atoms with E-state index < -0.39 is 5.72 Å². The summed E-state index contributed by atoms with van der Waals surface area (Å²) in [7, 11) is 3.32. The van der Waals surface area contributed by atoms with E-state index in [9.17, 15) is 0 Å². The number of nitrogens with zero attached hydrogens (tertiary/aromatic N) is 1. The monoisotopic (exact) mass is 211 g/mol. The molecule has 0 aliphatic carbocycles. The lowest BCUT2D eigenvalue weighted by Crippen LogP contribution is -2.38. The molecule has 1 rings (SSSR count). The van der Waals surface area contributed by atoms with Crippen LogP contribution in [0.4, 0.5) is 0 Å². The molecule has 15 heavy (non-hydrogen) atoms. The van der Waals surface area contributed by atoms with Gasteiger partial charge in [-0.25, -0.2) is 4.99 Å². The lowest BCUT2D eigenvalue weighted by Gasteiger charge is -2.34. The maximum Gasteiger partial charge on any atom is 0.210 e. The van der Waals surface area contributed by atoms with E-state index in [2.05, 4.69) is 24.9 Å². The standard InChI is InChI=1S/C12H21NO2/c1-9(2)8-10-6-7-11(14-4)13-12(10,3)15-5/h6-7,9-10H,8H2,1-5H3. The van der Waals surface area contributed by atoms with Crippen molar-refractivity contribution in [2.24, 2.45) is 16.8 Å². The van der Waals surface area contributed by atoms with Crippen molar-refractivity contribution in [2.45, 2.75) is 32.9 Å². The van der Waals surface area contributed by atoms with Crippen LogP contribution < -0.4 is 0 Å². The van der Waals surface area contributed by atoms with Crippen molar-refractivity contribution in [1.29, 1.82) is 0 Å². The quantitative estimate of drug-likeness (QED) is 0.718. The van der Waals surface area contributed by atoms with Gasteiger partial charge in [-0.15, -0.1) is 0 Å². The number of methoxy groups -OCH3 is 2. The summed E-state index contributed by atoms with van der Waals surface area (Å²) in [6, 6.07) is 0. The summed E-state index contributed by atoms with van der Waals surface area (Å²) in [4.78, 5) is 4.47. The van der Waals surface area contributed by atoms with Gasteiger partial charge < -0.3 is 9.47 Å². The molecule has 86 valence electrons. The third-order valence-corrected chi connectivity index (χ3v) is 2.84. The Hall–Kier alpha value is -0.830. The zero-order valence-electron chi connectivity index (χ0n) is 10.3. The summed E-state index contributed by atoms with van der Waals surface area (Å²) in [6.07, 6.45) is 5.13. The van der Waals surface area contributed by atoms with Crippen LogP contribution in [0.1, 0.15) is 27.2 Å². The molecule has 1 heterocycles. The summed E-state index contributed by atoms with van der Waals surface area (Å²) in [5, 5.41) is 0. The van der Waals surface area contributed by atoms with Crippen LogP contribution in [0.3, 0.4) is 0 Å². The molecule has 3 nitrogen and oxygen atoms in total. The van der Waals surface area contributed by atoms with Crippen LogP contribution in [0, 0.1) is 11.8 Å². The van der Waals surface area contributed by atoms with Gasteiger partial charge in [0.2, 0.25) is 5.90 Å². The van der Waals surface area contributed by atoms with Crippen LogP contribution >= 0.6 is 0 Å². The lowest BCUT2D eigenvalue weighted by molar-refractivity contribution is -0.0292. The first-order valence-corrected chi connectivity index (χ1v) is 5.39. The normalized spacial score (nSPS) is 30.5. The number of aliphatic imine (C=N–C) groups is 1. The van der Waals surface area contributed by atoms with Crippen LogP contribution in [-0.2, 0) is 9.47 Å². The molecule has 1 aliphatic heterocycles. The van der Waals surface area contributed by atoms with Crippen molar-refractivity contribution in [2.75, 3.05) is 14.2 Å². The topological polar surface area (TPSA) is 30.8 Å². The van der Waals surface area contributed by atoms with Gasteiger partial charge in [0, 0.05) is 13.0 Å². The molecule has 0 aromatic carbocycles. The minimum atomic E-state index is -0.482. The first-order valence-electron chi connectivity index (χ1n) is 5.39. The van der Waals surface area contributed by atoms with Crippen molar-refractivity contribution >= 4 is 5.90 Å². The Balaban J connectivity index is 2.84. The summed E-state index contributed by atoms with van der Waals surface area (Å²) in [5.74, 6) is 1.59. The number of hydrogen-bond acceptors (Lipinski definition) is 3. The minimum Gasteiger partial charge on any atom is -0.481 e. The van der Waals surface area contributed by atoms with E-state index in [1.807, 2.05) is 13.0 Å². The highest BCUT2D eigenvalue weighted by molar-refractivity contribution is 5.88. The Kier molecular flexibility index (Phi) is 3.91. The Morgan fingerprint density at radius 2 is 2.13 bits per heavy atom. The average Bonchev–Trinajstić information content (AvgIpc) is 2.20. The van der Waals surface area contributed by atoms with Crippen molar-refractivity contribution < 1.29 is 9.47 Å². The number of ether oxygens (including phenoxy) is 2. The fourth-order valence-electron chi connectivity index (χ4n) is 1.83. The van der Waals surface area contributed by atoms with Crippen LogP contribution in [0.15, 0.2) is 17.1 Å². The molecular weight excluding hydrogens is 190 g/mol. The molecule has 0 aromatic rings. The van der Waals surface area contributed by atoms with Crippen LogP contribution in [-0.4, -0.2) is 25.8 Å². The first kappa shape index (κ1) is 12.2. The van der Waals surface area contributed by atoms with Crippen molar-refractivity contribution in [1.82, 2.24) is 0 Å². The molecule has 1 aliphatic rings. The van der Waals surface area contributed by atoms with Crippen molar-refractivity contribution in [3.8, 4) is 0 Å². The predicted molar refractivity (Wildman–Crippen MR) is 61.9 cm³/mol. The predicted octanol–water partition coefficient (Wildman–Crippen LogP) is 2.63. The molecule has 0 aromatic heterocycles. The Morgan fingerprint density at radius 1 is 1.47 bits per heavy atom. The largest absolute Gasteiger partial charge is 0.481 e. The van der Waals surface area contributed by atoms with Gasteiger partial charge in [-0.05, 0) is 25.3 Å². The van der Waals surface area contributed by atoms with Crippen LogP contribution in [0.2, 0.25) is 0 Å². The van der Waals surface area contributed by atoms with Crippen molar-refractivity contribution in [3.05, 3.63) is 12.2 Å². The van der Waals surface area contributed by atoms with Crippen LogP contribution in [0.25, 0.3) is 0 Å². The third-order valence-electron chi connectivity index (χ3n) is 2.84. The molecule has 0 spiro atoms. The van der Waals surface area contributed by atoms with Gasteiger partial charge in [-0.2, -0.15) is 0 Å². The highest BCUT2D eigenvalue weighted by Gasteiger charge is 2.35. The highest BCUT2D eigenvalue weighted by atomic mass is 16.5. The smallest absolute Gasteiger partial charge is 0.210 e. The fraction of sp³-hybridized carbons (Fsp3) is 0.750. The minimum absolute atomic E-state index is 0.321. The number of rotatable bonds is 3. The highest BCUT2D eigenvalue weighted by Crippen LogP contribution is 2.32. The lowest BCUT2D eigenvalue weighted by atomic mass is 9.87. The summed E-state index contributed by atoms with van der Waals surface area (Å²) < 4.78 is 10.6. The van der Waals surface area contributed by atoms with Gasteiger partial charge in [-0.3, -0.25) is 0 Å². The number of dihydropyridines is 1. The summed E-state index contributed by atoms with van der Waals surface area (Å²) >= 11 is 0. The van der Waals surface area contributed by atoms with E-state index in [0.29, 0.717) is 17.7 Å².